The first kappa shape index (κ1) is 43.1. The Labute approximate surface area is 432 Å². The van der Waals surface area contributed by atoms with Crippen LogP contribution in [0.2, 0.25) is 0 Å². The summed E-state index contributed by atoms with van der Waals surface area (Å²) < 4.78 is 9.25. The molecule has 73 heavy (non-hydrogen) atoms. The topological polar surface area (TPSA) is 22.9 Å². The van der Waals surface area contributed by atoms with Crippen molar-refractivity contribution in [2.24, 2.45) is 0 Å². The number of fused-ring (bicyclic) bond motifs is 13. The van der Waals surface area contributed by atoms with Crippen LogP contribution in [0.25, 0.3) is 53.2 Å². The van der Waals surface area contributed by atoms with Crippen molar-refractivity contribution in [1.82, 2.24) is 0 Å². The van der Waals surface area contributed by atoms with E-state index < -0.39 is 0 Å². The number of thiophene rings is 1. The molecular weight excluding hydrogens is 906 g/mol. The van der Waals surface area contributed by atoms with Gasteiger partial charge in [0.05, 0.1) is 27.0 Å². The molecule has 0 bridgehead atoms. The van der Waals surface area contributed by atoms with Crippen molar-refractivity contribution in [2.75, 3.05) is 14.7 Å². The number of hydrogen-bond acceptors (Lipinski definition) is 5. The van der Waals surface area contributed by atoms with Crippen LogP contribution in [0.4, 0.5) is 45.5 Å². The summed E-state index contributed by atoms with van der Waals surface area (Å²) in [7, 11) is 0. The molecule has 2 unspecified atom stereocenters. The molecule has 2 aromatic heterocycles. The van der Waals surface area contributed by atoms with E-state index in [1.54, 1.807) is 0 Å². The maximum atomic E-state index is 6.64. The molecule has 1 fully saturated rings. The Bertz CT molecular complexity index is 4130. The van der Waals surface area contributed by atoms with Gasteiger partial charge in [0, 0.05) is 60.4 Å². The molecule has 11 aromatic rings. The van der Waals surface area contributed by atoms with Crippen LogP contribution >= 0.6 is 11.3 Å². The van der Waals surface area contributed by atoms with Crippen LogP contribution < -0.4 is 31.1 Å². The van der Waals surface area contributed by atoms with Crippen molar-refractivity contribution in [3.8, 4) is 11.1 Å². The zero-order valence-corrected chi connectivity index (χ0v) is 43.2. The first-order valence-corrected chi connectivity index (χ1v) is 27.1. The molecule has 3 aliphatic heterocycles. The minimum Gasteiger partial charge on any atom is -0.456 e. The van der Waals surface area contributed by atoms with Crippen molar-refractivity contribution in [2.45, 2.75) is 83.6 Å². The summed E-state index contributed by atoms with van der Waals surface area (Å²) in [6.45, 7) is 14.4. The van der Waals surface area contributed by atoms with Gasteiger partial charge in [-0.15, -0.1) is 11.3 Å². The van der Waals surface area contributed by atoms with Crippen molar-refractivity contribution in [3.05, 3.63) is 199 Å². The zero-order chi connectivity index (χ0) is 49.1. The molecule has 0 saturated heterocycles. The van der Waals surface area contributed by atoms with Gasteiger partial charge in [0.2, 0.25) is 0 Å². The van der Waals surface area contributed by atoms with E-state index in [-0.39, 0.29) is 23.1 Å². The highest BCUT2D eigenvalue weighted by molar-refractivity contribution is 7.26. The van der Waals surface area contributed by atoms with Gasteiger partial charge >= 0.3 is 0 Å². The second-order valence-electron chi connectivity index (χ2n) is 22.8. The van der Waals surface area contributed by atoms with Gasteiger partial charge in [0.1, 0.15) is 11.2 Å². The van der Waals surface area contributed by atoms with E-state index in [1.165, 1.54) is 123 Å². The van der Waals surface area contributed by atoms with Crippen molar-refractivity contribution in [1.29, 1.82) is 0 Å². The fourth-order valence-corrected chi connectivity index (χ4v) is 15.2. The average Bonchev–Trinajstić information content (AvgIpc) is 4.04. The van der Waals surface area contributed by atoms with Gasteiger partial charge < -0.3 is 19.1 Å². The van der Waals surface area contributed by atoms with E-state index in [2.05, 4.69) is 238 Å². The lowest BCUT2D eigenvalue weighted by molar-refractivity contribution is 0.195. The first-order valence-electron chi connectivity index (χ1n) is 26.3. The summed E-state index contributed by atoms with van der Waals surface area (Å²) in [5.74, 6) is 0. The number of rotatable bonds is 4. The lowest BCUT2D eigenvalue weighted by atomic mass is 9.33. The van der Waals surface area contributed by atoms with Crippen LogP contribution in [-0.2, 0) is 10.8 Å². The minimum absolute atomic E-state index is 0.0251. The summed E-state index contributed by atoms with van der Waals surface area (Å²) in [4.78, 5) is 8.02. The third-order valence-electron chi connectivity index (χ3n) is 17.8. The molecule has 0 radical (unpaired) electrons. The van der Waals surface area contributed by atoms with Crippen LogP contribution in [0.1, 0.15) is 77.0 Å². The van der Waals surface area contributed by atoms with Crippen LogP contribution in [-0.4, -0.2) is 12.3 Å². The second-order valence-corrected chi connectivity index (χ2v) is 23.9. The number of nitrogens with zero attached hydrogens (tertiary/aromatic N) is 3. The third-order valence-corrected chi connectivity index (χ3v) is 19.0. The van der Waals surface area contributed by atoms with E-state index in [0.29, 0.717) is 0 Å². The molecule has 4 aliphatic rings. The molecular formula is C67H56BN3OS. The first-order chi connectivity index (χ1) is 35.5. The molecule has 0 spiro atoms. The SMILES string of the molecule is Cc1cc2c3c(c1)N(c1cccc4oc5ccccc5c14)c1cc(C(C)(C)C)ccc1B3c1ccc(N3c4ccc(-c5ccccc5)cc4C4(C)CCCCC34C)cc1N2c1cccc2c1sc1ccccc12. The van der Waals surface area contributed by atoms with Crippen LogP contribution in [0.15, 0.2) is 186 Å². The number of benzene rings is 9. The Kier molecular flexibility index (Phi) is 9.00. The number of para-hydroxylation sites is 1. The molecule has 4 nitrogen and oxygen atoms in total. The Hall–Kier alpha value is -7.54. The third kappa shape index (κ3) is 5.96. The summed E-state index contributed by atoms with van der Waals surface area (Å²) in [5.41, 5.74) is 22.0. The molecule has 5 heterocycles. The fraction of sp³-hybridized carbons (Fsp3) is 0.194. The van der Waals surface area contributed by atoms with Gasteiger partial charge in [-0.2, -0.15) is 0 Å². The van der Waals surface area contributed by atoms with Gasteiger partial charge in [-0.1, -0.05) is 150 Å². The monoisotopic (exact) mass is 961 g/mol. The summed E-state index contributed by atoms with van der Waals surface area (Å²) in [5, 5.41) is 4.87. The maximum Gasteiger partial charge on any atom is 0.252 e. The Morgan fingerprint density at radius 1 is 0.534 bits per heavy atom. The maximum absolute atomic E-state index is 6.64. The Morgan fingerprint density at radius 3 is 2.03 bits per heavy atom. The number of furan rings is 1. The lowest BCUT2D eigenvalue weighted by Crippen LogP contribution is -2.61. The van der Waals surface area contributed by atoms with Crippen LogP contribution in [0.3, 0.4) is 0 Å². The lowest BCUT2D eigenvalue weighted by Gasteiger charge is -2.50. The fourth-order valence-electron chi connectivity index (χ4n) is 14.0. The van der Waals surface area contributed by atoms with Gasteiger partial charge in [-0.3, -0.25) is 0 Å². The molecule has 2 atom stereocenters. The summed E-state index contributed by atoms with van der Waals surface area (Å²) in [6.07, 6.45) is 4.76. The van der Waals surface area contributed by atoms with Crippen molar-refractivity contribution < 1.29 is 4.42 Å². The predicted octanol–water partition coefficient (Wildman–Crippen LogP) is 17.1. The summed E-state index contributed by atoms with van der Waals surface area (Å²) in [6, 6.07) is 69.2. The van der Waals surface area contributed by atoms with Crippen molar-refractivity contribution >= 4 is 122 Å². The van der Waals surface area contributed by atoms with Gasteiger partial charge in [-0.25, -0.2) is 0 Å². The largest absolute Gasteiger partial charge is 0.456 e. The zero-order valence-electron chi connectivity index (χ0n) is 42.4. The number of aryl methyl sites for hydroxylation is 1. The van der Waals surface area contributed by atoms with Gasteiger partial charge in [0.25, 0.3) is 6.71 Å². The molecule has 6 heteroatoms. The van der Waals surface area contributed by atoms with E-state index in [0.717, 1.165) is 34.0 Å². The highest BCUT2D eigenvalue weighted by Crippen LogP contribution is 2.62. The average molecular weight is 962 g/mol. The molecule has 1 saturated carbocycles. The van der Waals surface area contributed by atoms with Gasteiger partial charge in [-0.05, 0) is 149 Å². The van der Waals surface area contributed by atoms with E-state index in [9.17, 15) is 0 Å². The van der Waals surface area contributed by atoms with Crippen molar-refractivity contribution in [3.63, 3.8) is 0 Å². The van der Waals surface area contributed by atoms with E-state index >= 15 is 0 Å². The Morgan fingerprint density at radius 2 is 1.21 bits per heavy atom. The molecule has 354 valence electrons. The van der Waals surface area contributed by atoms with Crippen LogP contribution in [0, 0.1) is 6.92 Å². The standard InChI is InChI=1S/C67H56BN3OS/c1-41-36-57-63-58(37-41)70(54-24-16-22-47-46-20-11-13-27-61(46)73-64(47)54)56-40-45(71-52-33-28-43(42-18-8-7-9-19-42)38-49(52)66(5)34-14-15-35-67(66,71)6)30-32-51(56)68(63)50-31-29-44(65(2,3)4)39-55(50)69(57)53-23-17-26-60-62(53)48-21-10-12-25-59(48)72-60/h7-13,16-33,36-40H,14-15,34-35H2,1-6H3. The Balaban J connectivity index is 1.02. The number of hydrogen-bond donors (Lipinski definition) is 0. The predicted molar refractivity (Wildman–Crippen MR) is 312 cm³/mol. The van der Waals surface area contributed by atoms with E-state index in [4.69, 9.17) is 4.42 Å². The summed E-state index contributed by atoms with van der Waals surface area (Å²) >= 11 is 1.91. The normalized spacial score (nSPS) is 18.9. The molecule has 0 amide bonds. The molecule has 9 aromatic carbocycles. The smallest absolute Gasteiger partial charge is 0.252 e. The molecule has 15 rings (SSSR count). The highest BCUT2D eigenvalue weighted by Gasteiger charge is 2.58. The highest BCUT2D eigenvalue weighted by atomic mass is 32.1. The van der Waals surface area contributed by atoms with E-state index in [1.807, 2.05) is 11.3 Å². The van der Waals surface area contributed by atoms with Gasteiger partial charge in [0.15, 0.2) is 0 Å². The molecule has 1 aliphatic carbocycles. The quantitative estimate of drug-likeness (QED) is 0.164. The minimum atomic E-state index is -0.122. The second kappa shape index (κ2) is 15.3. The number of anilines is 8. The van der Waals surface area contributed by atoms with Crippen LogP contribution in [0.5, 0.6) is 0 Å². The molecule has 0 N–H and O–H groups in total.